The molecule has 21 heavy (non-hydrogen) atoms. The van der Waals surface area contributed by atoms with E-state index >= 15 is 0 Å². The van der Waals surface area contributed by atoms with Crippen LogP contribution in [-0.2, 0) is 0 Å². The average molecular weight is 296 g/mol. The molecule has 2 N–H and O–H groups in total. The molecule has 1 heterocycles. The molecule has 0 spiro atoms. The molecule has 3 heteroatoms. The van der Waals surface area contributed by atoms with Crippen molar-refractivity contribution in [1.82, 2.24) is 9.80 Å². The Morgan fingerprint density at radius 1 is 1.05 bits per heavy atom. The van der Waals surface area contributed by atoms with Crippen LogP contribution in [0.25, 0.3) is 0 Å². The van der Waals surface area contributed by atoms with Crippen molar-refractivity contribution >= 4 is 0 Å². The molecule has 0 amide bonds. The summed E-state index contributed by atoms with van der Waals surface area (Å²) in [7, 11) is 0. The maximum Gasteiger partial charge on any atom is 0.0333 e. The van der Waals surface area contributed by atoms with E-state index in [9.17, 15) is 0 Å². The van der Waals surface area contributed by atoms with Gasteiger partial charge < -0.3 is 5.73 Å². The molecule has 1 saturated heterocycles. The van der Waals surface area contributed by atoms with Crippen LogP contribution in [-0.4, -0.2) is 54.1 Å². The zero-order valence-electron chi connectivity index (χ0n) is 14.8. The number of hydrogen-bond acceptors (Lipinski definition) is 3. The van der Waals surface area contributed by atoms with Gasteiger partial charge in [0.1, 0.15) is 0 Å². The summed E-state index contributed by atoms with van der Waals surface area (Å²) < 4.78 is 0. The Morgan fingerprint density at radius 2 is 1.62 bits per heavy atom. The van der Waals surface area contributed by atoms with Crippen LogP contribution in [0.4, 0.5) is 0 Å². The van der Waals surface area contributed by atoms with Gasteiger partial charge in [-0.1, -0.05) is 20.8 Å². The molecule has 1 aliphatic heterocycles. The summed E-state index contributed by atoms with van der Waals surface area (Å²) in [5.74, 6) is 1.76. The molecule has 2 aliphatic rings. The van der Waals surface area contributed by atoms with Crippen LogP contribution in [0, 0.1) is 11.8 Å². The van der Waals surface area contributed by atoms with E-state index in [0.717, 1.165) is 24.4 Å². The lowest BCUT2D eigenvalue weighted by atomic mass is 9.72. The van der Waals surface area contributed by atoms with Gasteiger partial charge in [0.25, 0.3) is 0 Å². The zero-order valence-corrected chi connectivity index (χ0v) is 14.8. The van der Waals surface area contributed by atoms with Gasteiger partial charge in [-0.25, -0.2) is 0 Å². The number of rotatable bonds is 5. The summed E-state index contributed by atoms with van der Waals surface area (Å²) in [5, 5.41) is 0. The first-order valence-corrected chi connectivity index (χ1v) is 9.21. The summed E-state index contributed by atoms with van der Waals surface area (Å²) >= 11 is 0. The standard InChI is InChI=1S/C18H37N3/c1-5-16(4)20-10-12-21(13-11-20)18(14-19)8-6-17(7-9-18)15(2)3/h15-17H,5-14,19H2,1-4H3. The molecule has 0 aromatic rings. The summed E-state index contributed by atoms with van der Waals surface area (Å²) in [6.45, 7) is 15.2. The fraction of sp³-hybridized carbons (Fsp3) is 1.00. The normalized spacial score (nSPS) is 34.3. The Kier molecular flexibility index (Phi) is 6.10. The number of hydrogen-bond donors (Lipinski definition) is 1. The van der Waals surface area contributed by atoms with Gasteiger partial charge in [0.2, 0.25) is 0 Å². The highest BCUT2D eigenvalue weighted by molar-refractivity contribution is 4.98. The van der Waals surface area contributed by atoms with E-state index < -0.39 is 0 Å². The van der Waals surface area contributed by atoms with Gasteiger partial charge in [0.15, 0.2) is 0 Å². The van der Waals surface area contributed by atoms with Crippen LogP contribution in [0.2, 0.25) is 0 Å². The van der Waals surface area contributed by atoms with Crippen molar-refractivity contribution in [3.8, 4) is 0 Å². The van der Waals surface area contributed by atoms with Crippen molar-refractivity contribution in [2.45, 2.75) is 71.4 Å². The van der Waals surface area contributed by atoms with E-state index in [0.29, 0.717) is 5.54 Å². The Labute approximate surface area is 132 Å². The molecule has 1 unspecified atom stereocenters. The molecular weight excluding hydrogens is 258 g/mol. The average Bonchev–Trinajstić information content (AvgIpc) is 2.54. The van der Waals surface area contributed by atoms with E-state index in [4.69, 9.17) is 5.73 Å². The highest BCUT2D eigenvalue weighted by atomic mass is 15.3. The minimum Gasteiger partial charge on any atom is -0.329 e. The molecule has 124 valence electrons. The molecule has 1 saturated carbocycles. The summed E-state index contributed by atoms with van der Waals surface area (Å²) in [6.07, 6.45) is 6.64. The van der Waals surface area contributed by atoms with E-state index in [1.165, 1.54) is 58.3 Å². The van der Waals surface area contributed by atoms with Crippen molar-refractivity contribution in [3.63, 3.8) is 0 Å². The van der Waals surface area contributed by atoms with Crippen molar-refractivity contribution in [3.05, 3.63) is 0 Å². The first kappa shape index (κ1) is 17.2. The van der Waals surface area contributed by atoms with Crippen LogP contribution in [0.5, 0.6) is 0 Å². The van der Waals surface area contributed by atoms with Crippen LogP contribution in [0.15, 0.2) is 0 Å². The minimum absolute atomic E-state index is 0.312. The third-order valence-electron chi connectivity index (χ3n) is 6.48. The third-order valence-corrected chi connectivity index (χ3v) is 6.48. The van der Waals surface area contributed by atoms with Gasteiger partial charge in [0.05, 0.1) is 0 Å². The Hall–Kier alpha value is -0.120. The largest absolute Gasteiger partial charge is 0.329 e. The summed E-state index contributed by atoms with van der Waals surface area (Å²) in [4.78, 5) is 5.39. The fourth-order valence-corrected chi connectivity index (χ4v) is 4.39. The molecular formula is C18H37N3. The molecule has 0 bridgehead atoms. The van der Waals surface area contributed by atoms with Gasteiger partial charge in [-0.05, 0) is 50.9 Å². The SMILES string of the molecule is CCC(C)N1CCN(C2(CN)CCC(C(C)C)CC2)CC1. The first-order chi connectivity index (χ1) is 10.0. The highest BCUT2D eigenvalue weighted by Gasteiger charge is 2.40. The van der Waals surface area contributed by atoms with E-state index in [2.05, 4.69) is 37.5 Å². The van der Waals surface area contributed by atoms with Crippen LogP contribution >= 0.6 is 0 Å². The van der Waals surface area contributed by atoms with Crippen LogP contribution in [0.3, 0.4) is 0 Å². The van der Waals surface area contributed by atoms with Gasteiger partial charge in [0, 0.05) is 44.3 Å². The Morgan fingerprint density at radius 3 is 2.05 bits per heavy atom. The summed E-state index contributed by atoms with van der Waals surface area (Å²) in [6, 6.07) is 0.734. The predicted molar refractivity (Wildman–Crippen MR) is 91.5 cm³/mol. The van der Waals surface area contributed by atoms with Gasteiger partial charge in [-0.15, -0.1) is 0 Å². The number of nitrogens with two attached hydrogens (primary N) is 1. The van der Waals surface area contributed by atoms with Crippen LogP contribution < -0.4 is 5.73 Å². The summed E-state index contributed by atoms with van der Waals surface area (Å²) in [5.41, 5.74) is 6.57. The Bertz CT molecular complexity index is 300. The highest BCUT2D eigenvalue weighted by Crippen LogP contribution is 2.39. The second-order valence-corrected chi connectivity index (χ2v) is 7.79. The van der Waals surface area contributed by atoms with Gasteiger partial charge in [-0.3, -0.25) is 9.80 Å². The van der Waals surface area contributed by atoms with E-state index in [1.807, 2.05) is 0 Å². The topological polar surface area (TPSA) is 32.5 Å². The minimum atomic E-state index is 0.312. The number of nitrogens with zero attached hydrogens (tertiary/aromatic N) is 2. The molecule has 0 radical (unpaired) electrons. The second kappa shape index (κ2) is 7.43. The zero-order chi connectivity index (χ0) is 15.5. The predicted octanol–water partition coefficient (Wildman–Crippen LogP) is 2.95. The molecule has 2 fully saturated rings. The van der Waals surface area contributed by atoms with Crippen LogP contribution in [0.1, 0.15) is 59.8 Å². The first-order valence-electron chi connectivity index (χ1n) is 9.21. The second-order valence-electron chi connectivity index (χ2n) is 7.79. The molecule has 3 nitrogen and oxygen atoms in total. The van der Waals surface area contributed by atoms with Gasteiger partial charge in [-0.2, -0.15) is 0 Å². The van der Waals surface area contributed by atoms with E-state index in [1.54, 1.807) is 0 Å². The quantitative estimate of drug-likeness (QED) is 0.846. The maximum atomic E-state index is 6.26. The fourth-order valence-electron chi connectivity index (χ4n) is 4.39. The molecule has 0 aromatic heterocycles. The lowest BCUT2D eigenvalue weighted by Gasteiger charge is -2.51. The van der Waals surface area contributed by atoms with Crippen molar-refractivity contribution in [2.75, 3.05) is 32.7 Å². The monoisotopic (exact) mass is 295 g/mol. The van der Waals surface area contributed by atoms with Gasteiger partial charge >= 0.3 is 0 Å². The molecule has 0 aromatic carbocycles. The Balaban J connectivity index is 1.91. The van der Waals surface area contributed by atoms with Crippen molar-refractivity contribution < 1.29 is 0 Å². The lowest BCUT2D eigenvalue weighted by Crippen LogP contribution is -2.62. The lowest BCUT2D eigenvalue weighted by molar-refractivity contribution is -0.00910. The third kappa shape index (κ3) is 3.80. The molecule has 2 rings (SSSR count). The van der Waals surface area contributed by atoms with Crippen molar-refractivity contribution in [1.29, 1.82) is 0 Å². The molecule has 1 atom stereocenters. The van der Waals surface area contributed by atoms with E-state index in [-0.39, 0.29) is 0 Å². The number of piperazine rings is 1. The smallest absolute Gasteiger partial charge is 0.0333 e. The molecule has 1 aliphatic carbocycles. The maximum absolute atomic E-state index is 6.26. The van der Waals surface area contributed by atoms with Crippen molar-refractivity contribution in [2.24, 2.45) is 17.6 Å².